The van der Waals surface area contributed by atoms with Gasteiger partial charge in [0.25, 0.3) is 0 Å². The number of rotatable bonds is 4. The molecule has 82 valence electrons. The second kappa shape index (κ2) is 4.50. The summed E-state index contributed by atoms with van der Waals surface area (Å²) < 4.78 is 13.5. The number of nitrogens with one attached hydrogen (secondary N) is 1. The third-order valence-electron chi connectivity index (χ3n) is 2.94. The van der Waals surface area contributed by atoms with Gasteiger partial charge in [-0.05, 0) is 55.1 Å². The second-order valence-corrected chi connectivity index (χ2v) is 4.51. The largest absolute Gasteiger partial charge is 0.317 e. The SMILES string of the molecule is CCNCC1CC1c1cc(Cl)ccc1F. The molecule has 1 fully saturated rings. The molecule has 0 heterocycles. The molecule has 3 heteroatoms. The maximum Gasteiger partial charge on any atom is 0.126 e. The van der Waals surface area contributed by atoms with Crippen LogP contribution in [-0.4, -0.2) is 13.1 Å². The lowest BCUT2D eigenvalue weighted by atomic mass is 10.1. The molecule has 1 nitrogen and oxygen atoms in total. The molecule has 1 aliphatic carbocycles. The molecule has 0 radical (unpaired) electrons. The van der Waals surface area contributed by atoms with Gasteiger partial charge in [0.05, 0.1) is 0 Å². The Morgan fingerprint density at radius 3 is 3.07 bits per heavy atom. The van der Waals surface area contributed by atoms with E-state index < -0.39 is 0 Å². The van der Waals surface area contributed by atoms with Gasteiger partial charge in [0.1, 0.15) is 5.82 Å². The average molecular weight is 228 g/mol. The van der Waals surface area contributed by atoms with Crippen LogP contribution < -0.4 is 5.32 Å². The highest BCUT2D eigenvalue weighted by molar-refractivity contribution is 6.30. The van der Waals surface area contributed by atoms with Crippen molar-refractivity contribution in [3.05, 3.63) is 34.6 Å². The van der Waals surface area contributed by atoms with Gasteiger partial charge in [-0.2, -0.15) is 0 Å². The minimum absolute atomic E-state index is 0.122. The Kier molecular flexibility index (Phi) is 3.27. The summed E-state index contributed by atoms with van der Waals surface area (Å²) in [5.74, 6) is 0.823. The highest BCUT2D eigenvalue weighted by Gasteiger charge is 2.39. The molecule has 1 aromatic rings. The predicted molar refractivity (Wildman–Crippen MR) is 60.8 cm³/mol. The van der Waals surface area contributed by atoms with Gasteiger partial charge in [0, 0.05) is 5.02 Å². The standard InChI is InChI=1S/C12H15ClFN/c1-2-15-7-8-5-10(8)11-6-9(13)3-4-12(11)14/h3-4,6,8,10,15H,2,5,7H2,1H3. The Morgan fingerprint density at radius 2 is 2.33 bits per heavy atom. The summed E-state index contributed by atoms with van der Waals surface area (Å²) in [6.45, 7) is 4.03. The van der Waals surface area contributed by atoms with Crippen molar-refractivity contribution in [1.29, 1.82) is 0 Å². The number of benzene rings is 1. The summed E-state index contributed by atoms with van der Waals surface area (Å²) in [6, 6.07) is 4.82. The fourth-order valence-corrected chi connectivity index (χ4v) is 2.16. The molecule has 0 saturated heterocycles. The Labute approximate surface area is 94.6 Å². The summed E-state index contributed by atoms with van der Waals surface area (Å²) in [6.07, 6.45) is 1.07. The summed E-state index contributed by atoms with van der Waals surface area (Å²) in [7, 11) is 0. The van der Waals surface area contributed by atoms with Crippen molar-refractivity contribution in [3.8, 4) is 0 Å². The van der Waals surface area contributed by atoms with Gasteiger partial charge in [-0.3, -0.25) is 0 Å². The topological polar surface area (TPSA) is 12.0 Å². The van der Waals surface area contributed by atoms with Crippen LogP contribution in [0, 0.1) is 11.7 Å². The van der Waals surface area contributed by atoms with E-state index in [1.165, 1.54) is 6.07 Å². The fraction of sp³-hybridized carbons (Fsp3) is 0.500. The van der Waals surface area contributed by atoms with Crippen LogP contribution >= 0.6 is 11.6 Å². The van der Waals surface area contributed by atoms with E-state index in [9.17, 15) is 4.39 Å². The van der Waals surface area contributed by atoms with Crippen molar-refractivity contribution >= 4 is 11.6 Å². The number of hydrogen-bond acceptors (Lipinski definition) is 1. The molecule has 0 bridgehead atoms. The maximum absolute atomic E-state index is 13.5. The third-order valence-corrected chi connectivity index (χ3v) is 3.17. The Bertz CT molecular complexity index is 353. The first kappa shape index (κ1) is 10.9. The van der Waals surface area contributed by atoms with Crippen molar-refractivity contribution in [2.45, 2.75) is 19.3 Å². The smallest absolute Gasteiger partial charge is 0.126 e. The zero-order valence-electron chi connectivity index (χ0n) is 8.76. The molecule has 0 amide bonds. The lowest BCUT2D eigenvalue weighted by Gasteiger charge is -2.03. The molecule has 2 atom stereocenters. The van der Waals surface area contributed by atoms with E-state index in [0.29, 0.717) is 16.9 Å². The molecule has 2 rings (SSSR count). The lowest BCUT2D eigenvalue weighted by molar-refractivity contribution is 0.597. The molecule has 0 spiro atoms. The van der Waals surface area contributed by atoms with Crippen molar-refractivity contribution in [1.82, 2.24) is 5.32 Å². The number of hydrogen-bond donors (Lipinski definition) is 1. The Morgan fingerprint density at radius 1 is 1.53 bits per heavy atom. The molecule has 15 heavy (non-hydrogen) atoms. The Hall–Kier alpha value is -0.600. The molecule has 1 aromatic carbocycles. The number of halogens is 2. The van der Waals surface area contributed by atoms with E-state index in [1.54, 1.807) is 12.1 Å². The van der Waals surface area contributed by atoms with E-state index in [4.69, 9.17) is 11.6 Å². The molecular formula is C12H15ClFN. The van der Waals surface area contributed by atoms with Gasteiger partial charge >= 0.3 is 0 Å². The highest BCUT2D eigenvalue weighted by Crippen LogP contribution is 2.48. The van der Waals surface area contributed by atoms with Gasteiger partial charge in [-0.25, -0.2) is 4.39 Å². The molecule has 1 N–H and O–H groups in total. The van der Waals surface area contributed by atoms with Gasteiger partial charge in [0.15, 0.2) is 0 Å². The van der Waals surface area contributed by atoms with Crippen LogP contribution in [0.1, 0.15) is 24.8 Å². The second-order valence-electron chi connectivity index (χ2n) is 4.08. The van der Waals surface area contributed by atoms with Crippen molar-refractivity contribution in [3.63, 3.8) is 0 Å². The monoisotopic (exact) mass is 227 g/mol. The van der Waals surface area contributed by atoms with E-state index in [0.717, 1.165) is 25.1 Å². The highest BCUT2D eigenvalue weighted by atomic mass is 35.5. The van der Waals surface area contributed by atoms with E-state index in [2.05, 4.69) is 12.2 Å². The van der Waals surface area contributed by atoms with Crippen LogP contribution in [0.2, 0.25) is 5.02 Å². The van der Waals surface area contributed by atoms with Crippen LogP contribution in [0.4, 0.5) is 4.39 Å². The molecule has 0 aromatic heterocycles. The van der Waals surface area contributed by atoms with Crippen molar-refractivity contribution < 1.29 is 4.39 Å². The van der Waals surface area contributed by atoms with E-state index >= 15 is 0 Å². The van der Waals surface area contributed by atoms with Gasteiger partial charge in [-0.15, -0.1) is 0 Å². The first-order chi connectivity index (χ1) is 7.22. The first-order valence-corrected chi connectivity index (χ1v) is 5.75. The Balaban J connectivity index is 2.03. The fourth-order valence-electron chi connectivity index (χ4n) is 1.98. The zero-order chi connectivity index (χ0) is 10.8. The molecule has 1 saturated carbocycles. The minimum Gasteiger partial charge on any atom is -0.317 e. The molecular weight excluding hydrogens is 213 g/mol. The summed E-state index contributed by atoms with van der Waals surface area (Å²) >= 11 is 5.86. The van der Waals surface area contributed by atoms with Crippen molar-refractivity contribution in [2.75, 3.05) is 13.1 Å². The predicted octanol–water partition coefficient (Wildman–Crippen LogP) is 3.19. The summed E-state index contributed by atoms with van der Waals surface area (Å²) in [5, 5.41) is 3.91. The maximum atomic E-state index is 13.5. The van der Waals surface area contributed by atoms with Crippen LogP contribution in [-0.2, 0) is 0 Å². The minimum atomic E-state index is -0.122. The quantitative estimate of drug-likeness (QED) is 0.833. The summed E-state index contributed by atoms with van der Waals surface area (Å²) in [4.78, 5) is 0. The lowest BCUT2D eigenvalue weighted by Crippen LogP contribution is -2.16. The first-order valence-electron chi connectivity index (χ1n) is 5.38. The van der Waals surface area contributed by atoms with Crippen LogP contribution in [0.5, 0.6) is 0 Å². The molecule has 0 aliphatic heterocycles. The van der Waals surface area contributed by atoms with Crippen LogP contribution in [0.3, 0.4) is 0 Å². The van der Waals surface area contributed by atoms with Crippen molar-refractivity contribution in [2.24, 2.45) is 5.92 Å². The van der Waals surface area contributed by atoms with Gasteiger partial charge in [0.2, 0.25) is 0 Å². The van der Waals surface area contributed by atoms with E-state index in [-0.39, 0.29) is 5.82 Å². The van der Waals surface area contributed by atoms with Gasteiger partial charge < -0.3 is 5.32 Å². The van der Waals surface area contributed by atoms with E-state index in [1.807, 2.05) is 0 Å². The molecule has 1 aliphatic rings. The average Bonchev–Trinajstić information content (AvgIpc) is 2.98. The third kappa shape index (κ3) is 2.50. The van der Waals surface area contributed by atoms with Crippen LogP contribution in [0.15, 0.2) is 18.2 Å². The van der Waals surface area contributed by atoms with Gasteiger partial charge in [-0.1, -0.05) is 18.5 Å². The van der Waals surface area contributed by atoms with Crippen LogP contribution in [0.25, 0.3) is 0 Å². The normalized spacial score (nSPS) is 24.2. The molecule has 2 unspecified atom stereocenters. The summed E-state index contributed by atoms with van der Waals surface area (Å²) in [5.41, 5.74) is 0.783. The zero-order valence-corrected chi connectivity index (χ0v) is 9.52.